The Balaban J connectivity index is 2.27. The molecule has 1 aliphatic carbocycles. The van der Waals surface area contributed by atoms with E-state index in [4.69, 9.17) is 10.6 Å². The number of hydrogen-bond acceptors (Lipinski definition) is 4. The Bertz CT molecular complexity index is 399. The largest absolute Gasteiger partial charge is 0.494 e. The van der Waals surface area contributed by atoms with Crippen molar-refractivity contribution in [2.75, 3.05) is 7.11 Å². The summed E-state index contributed by atoms with van der Waals surface area (Å²) in [6.07, 6.45) is 8.15. The molecule has 1 heterocycles. The van der Waals surface area contributed by atoms with Gasteiger partial charge in [-0.05, 0) is 18.9 Å². The van der Waals surface area contributed by atoms with Gasteiger partial charge in [-0.2, -0.15) is 0 Å². The molecule has 1 aromatic heterocycles. The lowest BCUT2D eigenvalue weighted by Gasteiger charge is -2.12. The Hall–Kier alpha value is -1.62. The summed E-state index contributed by atoms with van der Waals surface area (Å²) in [7, 11) is 1.62. The first-order valence-electron chi connectivity index (χ1n) is 5.88. The van der Waals surface area contributed by atoms with Gasteiger partial charge in [-0.25, -0.2) is 5.84 Å². The van der Waals surface area contributed by atoms with Gasteiger partial charge in [0.25, 0.3) is 0 Å². The predicted octanol–water partition coefficient (Wildman–Crippen LogP) is 1.24. The first kappa shape index (κ1) is 11.9. The van der Waals surface area contributed by atoms with Crippen LogP contribution in [0, 0.1) is 0 Å². The quantitative estimate of drug-likeness (QED) is 0.357. The molecule has 0 aromatic carbocycles. The second-order valence-electron chi connectivity index (χ2n) is 4.14. The van der Waals surface area contributed by atoms with Gasteiger partial charge in [-0.15, -0.1) is 0 Å². The van der Waals surface area contributed by atoms with Gasteiger partial charge in [-0.3, -0.25) is 9.98 Å². The molecule has 5 nitrogen and oxygen atoms in total. The minimum atomic E-state index is 0.374. The SMILES string of the molecule is COc1cnccc1C(=NC1CCCC1)NN. The Morgan fingerprint density at radius 1 is 1.53 bits per heavy atom. The fourth-order valence-electron chi connectivity index (χ4n) is 2.14. The molecule has 0 aliphatic heterocycles. The Morgan fingerprint density at radius 2 is 2.29 bits per heavy atom. The van der Waals surface area contributed by atoms with Crippen LogP contribution in [-0.4, -0.2) is 24.0 Å². The molecule has 0 saturated heterocycles. The molecule has 3 N–H and O–H groups in total. The summed E-state index contributed by atoms with van der Waals surface area (Å²) in [5.41, 5.74) is 3.52. The molecule has 1 aliphatic rings. The van der Waals surface area contributed by atoms with E-state index in [1.54, 1.807) is 19.5 Å². The number of aromatic nitrogens is 1. The highest BCUT2D eigenvalue weighted by atomic mass is 16.5. The zero-order valence-corrected chi connectivity index (χ0v) is 10.0. The predicted molar refractivity (Wildman–Crippen MR) is 66.9 cm³/mol. The van der Waals surface area contributed by atoms with Crippen molar-refractivity contribution in [2.45, 2.75) is 31.7 Å². The second kappa shape index (κ2) is 5.63. The lowest BCUT2D eigenvalue weighted by molar-refractivity contribution is 0.411. The highest BCUT2D eigenvalue weighted by Gasteiger charge is 2.16. The molecule has 2 rings (SSSR count). The normalized spacial score (nSPS) is 17.2. The number of methoxy groups -OCH3 is 1. The van der Waals surface area contributed by atoms with Gasteiger partial charge in [0.2, 0.25) is 0 Å². The van der Waals surface area contributed by atoms with Crippen molar-refractivity contribution in [3.8, 4) is 5.75 Å². The Labute approximate surface area is 101 Å². The van der Waals surface area contributed by atoms with Crippen molar-refractivity contribution < 1.29 is 4.74 Å². The number of pyridine rings is 1. The molecule has 1 aromatic rings. The van der Waals surface area contributed by atoms with Crippen LogP contribution in [0.1, 0.15) is 31.2 Å². The molecule has 17 heavy (non-hydrogen) atoms. The summed E-state index contributed by atoms with van der Waals surface area (Å²) in [6.45, 7) is 0. The molecule has 92 valence electrons. The van der Waals surface area contributed by atoms with E-state index in [9.17, 15) is 0 Å². The van der Waals surface area contributed by atoms with E-state index >= 15 is 0 Å². The number of nitrogens with one attached hydrogen (secondary N) is 1. The van der Waals surface area contributed by atoms with Crippen LogP contribution in [0.2, 0.25) is 0 Å². The van der Waals surface area contributed by atoms with Crippen molar-refractivity contribution in [1.29, 1.82) is 0 Å². The third-order valence-electron chi connectivity index (χ3n) is 3.03. The zero-order chi connectivity index (χ0) is 12.1. The molecule has 1 fully saturated rings. The van der Waals surface area contributed by atoms with Crippen LogP contribution in [0.15, 0.2) is 23.5 Å². The van der Waals surface area contributed by atoms with Gasteiger partial charge in [0, 0.05) is 6.20 Å². The van der Waals surface area contributed by atoms with Crippen molar-refractivity contribution in [1.82, 2.24) is 10.4 Å². The summed E-state index contributed by atoms with van der Waals surface area (Å²) in [4.78, 5) is 8.66. The summed E-state index contributed by atoms with van der Waals surface area (Å²) in [6, 6.07) is 2.23. The number of hydrazine groups is 1. The van der Waals surface area contributed by atoms with E-state index in [1.165, 1.54) is 12.8 Å². The number of amidine groups is 1. The fourth-order valence-corrected chi connectivity index (χ4v) is 2.14. The lowest BCUT2D eigenvalue weighted by Crippen LogP contribution is -2.32. The van der Waals surface area contributed by atoms with Crippen molar-refractivity contribution in [3.63, 3.8) is 0 Å². The maximum absolute atomic E-state index is 5.55. The molecule has 0 amide bonds. The van der Waals surface area contributed by atoms with Crippen LogP contribution >= 0.6 is 0 Å². The van der Waals surface area contributed by atoms with Crippen LogP contribution < -0.4 is 16.0 Å². The van der Waals surface area contributed by atoms with Gasteiger partial charge in [-0.1, -0.05) is 12.8 Å². The molecular formula is C12H18N4O. The average molecular weight is 234 g/mol. The minimum absolute atomic E-state index is 0.374. The van der Waals surface area contributed by atoms with Crippen LogP contribution in [-0.2, 0) is 0 Å². The number of hydrogen-bond donors (Lipinski definition) is 2. The Kier molecular flexibility index (Phi) is 3.93. The monoisotopic (exact) mass is 234 g/mol. The topological polar surface area (TPSA) is 72.5 Å². The molecule has 1 saturated carbocycles. The van der Waals surface area contributed by atoms with Gasteiger partial charge in [0.1, 0.15) is 11.6 Å². The van der Waals surface area contributed by atoms with Gasteiger partial charge in [0.15, 0.2) is 0 Å². The molecule has 0 unspecified atom stereocenters. The molecule has 5 heteroatoms. The zero-order valence-electron chi connectivity index (χ0n) is 10.0. The van der Waals surface area contributed by atoms with E-state index in [0.717, 1.165) is 18.4 Å². The summed E-state index contributed by atoms with van der Waals surface area (Å²) >= 11 is 0. The van der Waals surface area contributed by atoms with E-state index in [-0.39, 0.29) is 0 Å². The van der Waals surface area contributed by atoms with Gasteiger partial charge < -0.3 is 10.2 Å². The van der Waals surface area contributed by atoms with Crippen molar-refractivity contribution in [3.05, 3.63) is 24.0 Å². The molecule has 0 radical (unpaired) electrons. The third-order valence-corrected chi connectivity index (χ3v) is 3.03. The summed E-state index contributed by atoms with van der Waals surface area (Å²) in [5, 5.41) is 0. The second-order valence-corrected chi connectivity index (χ2v) is 4.14. The number of ether oxygens (including phenoxy) is 1. The molecular weight excluding hydrogens is 216 g/mol. The highest BCUT2D eigenvalue weighted by Crippen LogP contribution is 2.23. The summed E-state index contributed by atoms with van der Waals surface area (Å²) < 4.78 is 5.25. The third kappa shape index (κ3) is 2.74. The lowest BCUT2D eigenvalue weighted by atomic mass is 10.2. The van der Waals surface area contributed by atoms with E-state index in [0.29, 0.717) is 17.6 Å². The first-order chi connectivity index (χ1) is 8.35. The average Bonchev–Trinajstić information content (AvgIpc) is 2.89. The van der Waals surface area contributed by atoms with E-state index in [1.807, 2.05) is 6.07 Å². The van der Waals surface area contributed by atoms with Crippen molar-refractivity contribution >= 4 is 5.84 Å². The van der Waals surface area contributed by atoms with Crippen molar-refractivity contribution in [2.24, 2.45) is 10.8 Å². The first-order valence-corrected chi connectivity index (χ1v) is 5.88. The summed E-state index contributed by atoms with van der Waals surface area (Å²) in [5.74, 6) is 6.91. The fraction of sp³-hybridized carbons (Fsp3) is 0.500. The standard InChI is InChI=1S/C12H18N4O/c1-17-11-8-14-7-6-10(11)12(16-13)15-9-4-2-3-5-9/h6-9H,2-5,13H2,1H3,(H,15,16). The number of aliphatic imine (C=N–C) groups is 1. The van der Waals surface area contributed by atoms with E-state index < -0.39 is 0 Å². The molecule has 0 bridgehead atoms. The Morgan fingerprint density at radius 3 is 2.94 bits per heavy atom. The maximum atomic E-state index is 5.55. The van der Waals surface area contributed by atoms with Gasteiger partial charge >= 0.3 is 0 Å². The van der Waals surface area contributed by atoms with E-state index in [2.05, 4.69) is 15.4 Å². The van der Waals surface area contributed by atoms with Crippen LogP contribution in [0.25, 0.3) is 0 Å². The smallest absolute Gasteiger partial charge is 0.148 e. The maximum Gasteiger partial charge on any atom is 0.148 e. The van der Waals surface area contributed by atoms with Gasteiger partial charge in [0.05, 0.1) is 24.9 Å². The minimum Gasteiger partial charge on any atom is -0.494 e. The van der Waals surface area contributed by atoms with Crippen LogP contribution in [0.3, 0.4) is 0 Å². The molecule has 0 spiro atoms. The number of nitrogens with two attached hydrogens (primary N) is 1. The van der Waals surface area contributed by atoms with Crippen LogP contribution in [0.4, 0.5) is 0 Å². The number of nitrogens with zero attached hydrogens (tertiary/aromatic N) is 2. The molecule has 0 atom stereocenters. The number of rotatable bonds is 3. The highest BCUT2D eigenvalue weighted by molar-refractivity contribution is 6.00. The van der Waals surface area contributed by atoms with Crippen LogP contribution in [0.5, 0.6) is 5.75 Å².